The summed E-state index contributed by atoms with van der Waals surface area (Å²) in [5.41, 5.74) is 2.97. The molecule has 0 aliphatic rings. The van der Waals surface area contributed by atoms with Crippen LogP contribution >= 0.6 is 0 Å². The van der Waals surface area contributed by atoms with Gasteiger partial charge in [-0.25, -0.2) is 5.43 Å². The number of nitro groups is 1. The molecular weight excluding hydrogens is 328 g/mol. The third-order valence-electron chi connectivity index (χ3n) is 3.19. The van der Waals surface area contributed by atoms with Gasteiger partial charge in [-0.2, -0.15) is 5.10 Å². The molecule has 0 atom stereocenters. The Balaban J connectivity index is 1.73. The quantitative estimate of drug-likeness (QED) is 0.412. The molecule has 2 aromatic heterocycles. The topological polar surface area (TPSA) is 139 Å². The number of nitrogens with zero attached hydrogens (tertiary/aromatic N) is 4. The molecule has 25 heavy (non-hydrogen) atoms. The van der Waals surface area contributed by atoms with Crippen LogP contribution in [0.3, 0.4) is 0 Å². The standard InChI is InChI=1S/C15H12N6O4/c1-9-14(22)17-15(20-18-9)19-16-8-12-5-6-13(25-12)10-3-2-4-11(7-10)21(23)24/h2-8H,1H3,(H2,17,19,20,22). The number of aromatic amines is 1. The van der Waals surface area contributed by atoms with Crippen molar-refractivity contribution in [1.29, 1.82) is 0 Å². The van der Waals surface area contributed by atoms with Gasteiger partial charge in [0.25, 0.3) is 11.2 Å². The first kappa shape index (κ1) is 16.1. The van der Waals surface area contributed by atoms with Crippen molar-refractivity contribution in [3.05, 3.63) is 68.3 Å². The number of anilines is 1. The molecule has 2 N–H and O–H groups in total. The molecule has 10 nitrogen and oxygen atoms in total. The van der Waals surface area contributed by atoms with E-state index >= 15 is 0 Å². The van der Waals surface area contributed by atoms with E-state index in [1.165, 1.54) is 25.3 Å². The molecule has 0 aliphatic heterocycles. The molecule has 3 aromatic rings. The van der Waals surface area contributed by atoms with Crippen molar-refractivity contribution in [3.63, 3.8) is 0 Å². The van der Waals surface area contributed by atoms with E-state index in [0.29, 0.717) is 17.1 Å². The molecule has 2 heterocycles. The molecule has 0 amide bonds. The number of non-ortho nitro benzene ring substituents is 1. The van der Waals surface area contributed by atoms with Crippen LogP contribution in [0.4, 0.5) is 11.6 Å². The van der Waals surface area contributed by atoms with E-state index in [-0.39, 0.29) is 22.9 Å². The Bertz CT molecular complexity index is 1010. The van der Waals surface area contributed by atoms with Gasteiger partial charge in [-0.1, -0.05) is 12.1 Å². The Morgan fingerprint density at radius 1 is 1.32 bits per heavy atom. The summed E-state index contributed by atoms with van der Waals surface area (Å²) in [5, 5.41) is 22.1. The largest absolute Gasteiger partial charge is 0.455 e. The average molecular weight is 340 g/mol. The second kappa shape index (κ2) is 6.74. The van der Waals surface area contributed by atoms with Crippen LogP contribution in [-0.2, 0) is 0 Å². The molecule has 1 aromatic carbocycles. The molecule has 0 saturated heterocycles. The lowest BCUT2D eigenvalue weighted by Gasteiger charge is -1.98. The van der Waals surface area contributed by atoms with Gasteiger partial charge in [0.2, 0.25) is 5.95 Å². The highest BCUT2D eigenvalue weighted by atomic mass is 16.6. The molecule has 0 fully saturated rings. The molecule has 126 valence electrons. The first-order valence-corrected chi connectivity index (χ1v) is 7.10. The first-order chi connectivity index (χ1) is 12.0. The van der Waals surface area contributed by atoms with Crippen molar-refractivity contribution in [2.45, 2.75) is 6.92 Å². The zero-order valence-corrected chi connectivity index (χ0v) is 13.0. The second-order valence-corrected chi connectivity index (χ2v) is 4.97. The lowest BCUT2D eigenvalue weighted by molar-refractivity contribution is -0.384. The van der Waals surface area contributed by atoms with Crippen molar-refractivity contribution in [2.75, 3.05) is 5.43 Å². The number of nitro benzene ring substituents is 1. The van der Waals surface area contributed by atoms with Crippen LogP contribution < -0.4 is 11.0 Å². The number of hydrazone groups is 1. The zero-order chi connectivity index (χ0) is 17.8. The van der Waals surface area contributed by atoms with Gasteiger partial charge in [0.15, 0.2) is 0 Å². The van der Waals surface area contributed by atoms with E-state index < -0.39 is 4.92 Å². The highest BCUT2D eigenvalue weighted by Gasteiger charge is 2.09. The lowest BCUT2D eigenvalue weighted by Crippen LogP contribution is -2.15. The van der Waals surface area contributed by atoms with E-state index in [0.717, 1.165) is 0 Å². The normalized spacial score (nSPS) is 10.9. The number of hydrogen-bond donors (Lipinski definition) is 2. The first-order valence-electron chi connectivity index (χ1n) is 7.10. The predicted molar refractivity (Wildman–Crippen MR) is 89.4 cm³/mol. The summed E-state index contributed by atoms with van der Waals surface area (Å²) in [6.45, 7) is 1.54. The number of aryl methyl sites for hydroxylation is 1. The summed E-state index contributed by atoms with van der Waals surface area (Å²) >= 11 is 0. The molecule has 0 aliphatic carbocycles. The van der Waals surface area contributed by atoms with E-state index in [1.807, 2.05) is 0 Å². The van der Waals surface area contributed by atoms with Gasteiger partial charge in [0, 0.05) is 17.7 Å². The van der Waals surface area contributed by atoms with Crippen LogP contribution in [0.2, 0.25) is 0 Å². The molecule has 10 heteroatoms. The predicted octanol–water partition coefficient (Wildman–Crippen LogP) is 2.09. The van der Waals surface area contributed by atoms with Crippen LogP contribution in [-0.4, -0.2) is 26.3 Å². The summed E-state index contributed by atoms with van der Waals surface area (Å²) < 4.78 is 5.57. The maximum Gasteiger partial charge on any atom is 0.274 e. The average Bonchev–Trinajstić information content (AvgIpc) is 3.07. The maximum absolute atomic E-state index is 11.4. The maximum atomic E-state index is 11.4. The van der Waals surface area contributed by atoms with Crippen molar-refractivity contribution in [3.8, 4) is 11.3 Å². The minimum Gasteiger partial charge on any atom is -0.455 e. The summed E-state index contributed by atoms with van der Waals surface area (Å²) in [5.74, 6) is 0.974. The molecule has 0 spiro atoms. The number of furan rings is 1. The number of benzene rings is 1. The highest BCUT2D eigenvalue weighted by Crippen LogP contribution is 2.25. The van der Waals surface area contributed by atoms with Crippen LogP contribution in [0.15, 0.2) is 50.7 Å². The Hall–Kier alpha value is -3.82. The Labute approximate surface area is 140 Å². The van der Waals surface area contributed by atoms with Gasteiger partial charge in [0.1, 0.15) is 17.2 Å². The van der Waals surface area contributed by atoms with E-state index in [1.54, 1.807) is 24.3 Å². The van der Waals surface area contributed by atoms with Gasteiger partial charge in [-0.15, -0.1) is 10.2 Å². The summed E-state index contributed by atoms with van der Waals surface area (Å²) in [4.78, 5) is 24.2. The van der Waals surface area contributed by atoms with Gasteiger partial charge in [0.05, 0.1) is 11.1 Å². The van der Waals surface area contributed by atoms with Crippen molar-refractivity contribution < 1.29 is 9.34 Å². The zero-order valence-electron chi connectivity index (χ0n) is 13.0. The molecule has 0 radical (unpaired) electrons. The fraction of sp³-hybridized carbons (Fsp3) is 0.0667. The molecular formula is C15H12N6O4. The van der Waals surface area contributed by atoms with Crippen LogP contribution in [0.1, 0.15) is 11.5 Å². The van der Waals surface area contributed by atoms with Crippen LogP contribution in [0.5, 0.6) is 0 Å². The van der Waals surface area contributed by atoms with Gasteiger partial charge in [-0.05, 0) is 19.1 Å². The van der Waals surface area contributed by atoms with Gasteiger partial charge < -0.3 is 4.42 Å². The SMILES string of the molecule is Cc1nnc(NN=Cc2ccc(-c3cccc([N+](=O)[O-])c3)o2)[nH]c1=O. The van der Waals surface area contributed by atoms with Crippen molar-refractivity contribution >= 4 is 17.9 Å². The summed E-state index contributed by atoms with van der Waals surface area (Å²) in [6, 6.07) is 9.44. The van der Waals surface area contributed by atoms with Crippen LogP contribution in [0, 0.1) is 17.0 Å². The fourth-order valence-corrected chi connectivity index (χ4v) is 1.95. The van der Waals surface area contributed by atoms with Crippen LogP contribution in [0.25, 0.3) is 11.3 Å². The lowest BCUT2D eigenvalue weighted by atomic mass is 10.1. The minimum atomic E-state index is -0.470. The Kier molecular flexibility index (Phi) is 4.33. The molecule has 0 saturated carbocycles. The highest BCUT2D eigenvalue weighted by molar-refractivity contribution is 5.78. The van der Waals surface area contributed by atoms with E-state index in [4.69, 9.17) is 4.42 Å². The van der Waals surface area contributed by atoms with Gasteiger partial charge in [-0.3, -0.25) is 19.9 Å². The summed E-state index contributed by atoms with van der Waals surface area (Å²) in [7, 11) is 0. The fourth-order valence-electron chi connectivity index (χ4n) is 1.95. The smallest absolute Gasteiger partial charge is 0.274 e. The monoisotopic (exact) mass is 340 g/mol. The number of hydrogen-bond acceptors (Lipinski definition) is 8. The Morgan fingerprint density at radius 3 is 2.92 bits per heavy atom. The third-order valence-corrected chi connectivity index (χ3v) is 3.19. The van der Waals surface area contributed by atoms with Gasteiger partial charge >= 0.3 is 0 Å². The number of H-pyrrole nitrogens is 1. The van der Waals surface area contributed by atoms with E-state index in [2.05, 4.69) is 25.7 Å². The van der Waals surface area contributed by atoms with Crippen molar-refractivity contribution in [2.24, 2.45) is 5.10 Å². The number of rotatable bonds is 5. The number of nitrogens with one attached hydrogen (secondary N) is 2. The minimum absolute atomic E-state index is 0.0207. The third kappa shape index (κ3) is 3.75. The summed E-state index contributed by atoms with van der Waals surface area (Å²) in [6.07, 6.45) is 1.38. The second-order valence-electron chi connectivity index (χ2n) is 4.97. The molecule has 0 bridgehead atoms. The molecule has 0 unspecified atom stereocenters. The van der Waals surface area contributed by atoms with Crippen molar-refractivity contribution in [1.82, 2.24) is 15.2 Å². The molecule has 3 rings (SSSR count). The number of aromatic nitrogens is 3. The van der Waals surface area contributed by atoms with E-state index in [9.17, 15) is 14.9 Å². The Morgan fingerprint density at radius 2 is 2.16 bits per heavy atom.